The van der Waals surface area contributed by atoms with E-state index in [0.717, 1.165) is 49.8 Å². The molecule has 0 radical (unpaired) electrons. The molecule has 5 nitrogen and oxygen atoms in total. The molecule has 8 heteroatoms. The van der Waals surface area contributed by atoms with Gasteiger partial charge in [0.05, 0.1) is 18.0 Å². The normalized spacial score (nSPS) is 12.6. The fraction of sp³-hybridized carbons (Fsp3) is 0.500. The summed E-state index contributed by atoms with van der Waals surface area (Å²) in [5.41, 5.74) is 0. The molecule has 1 unspecified atom stereocenters. The number of sulfonamides is 1. The monoisotopic (exact) mass is 471 g/mol. The van der Waals surface area contributed by atoms with Crippen LogP contribution in [0.2, 0.25) is 5.02 Å². The Morgan fingerprint density at radius 1 is 1.10 bits per heavy atom. The summed E-state index contributed by atoms with van der Waals surface area (Å²) in [6, 6.07) is 10.0. The van der Waals surface area contributed by atoms with Crippen molar-refractivity contribution in [3.8, 4) is 0 Å². The van der Waals surface area contributed by atoms with Crippen molar-refractivity contribution in [1.29, 1.82) is 0 Å². The number of halogens is 1. The Morgan fingerprint density at radius 3 is 2.50 bits per heavy atom. The van der Waals surface area contributed by atoms with Crippen molar-refractivity contribution in [2.75, 3.05) is 7.11 Å². The number of thiophene rings is 1. The molecule has 0 aliphatic heterocycles. The zero-order chi connectivity index (χ0) is 22.0. The summed E-state index contributed by atoms with van der Waals surface area (Å²) in [6.07, 6.45) is 6.81. The molecule has 1 atom stereocenters. The minimum Gasteiger partial charge on any atom is -0.469 e. The number of carbonyl (C=O) groups excluding carboxylic acids is 1. The van der Waals surface area contributed by atoms with Crippen molar-refractivity contribution >= 4 is 38.9 Å². The number of ether oxygens (including phenoxy) is 1. The Labute approximate surface area is 188 Å². The van der Waals surface area contributed by atoms with E-state index in [4.69, 9.17) is 11.6 Å². The van der Waals surface area contributed by atoms with Gasteiger partial charge >= 0.3 is 5.97 Å². The minimum atomic E-state index is -3.64. The minimum absolute atomic E-state index is 0.186. The first-order valence-electron chi connectivity index (χ1n) is 10.3. The van der Waals surface area contributed by atoms with Gasteiger partial charge in [-0.2, -0.15) is 0 Å². The van der Waals surface area contributed by atoms with E-state index < -0.39 is 10.0 Å². The molecule has 1 aromatic heterocycles. The molecule has 0 aliphatic rings. The third-order valence-corrected chi connectivity index (χ3v) is 7.82. The van der Waals surface area contributed by atoms with E-state index in [1.807, 2.05) is 6.07 Å². The number of hydrogen-bond donors (Lipinski definition) is 1. The van der Waals surface area contributed by atoms with Crippen molar-refractivity contribution in [3.05, 3.63) is 51.2 Å². The Morgan fingerprint density at radius 2 is 1.83 bits per heavy atom. The molecule has 0 saturated heterocycles. The molecule has 0 bridgehead atoms. The maximum Gasteiger partial charge on any atom is 0.305 e. The molecule has 0 aliphatic carbocycles. The van der Waals surface area contributed by atoms with Crippen LogP contribution in [0.25, 0.3) is 0 Å². The van der Waals surface area contributed by atoms with E-state index in [0.29, 0.717) is 11.4 Å². The zero-order valence-electron chi connectivity index (χ0n) is 17.5. The molecule has 166 valence electrons. The molecule has 30 heavy (non-hydrogen) atoms. The number of benzene rings is 1. The van der Waals surface area contributed by atoms with Crippen molar-refractivity contribution < 1.29 is 17.9 Å². The fourth-order valence-electron chi connectivity index (χ4n) is 3.11. The van der Waals surface area contributed by atoms with Gasteiger partial charge in [-0.05, 0) is 62.1 Å². The van der Waals surface area contributed by atoms with Crippen LogP contribution in [-0.4, -0.2) is 21.5 Å². The fourth-order valence-corrected chi connectivity index (χ4v) is 5.70. The van der Waals surface area contributed by atoms with Gasteiger partial charge in [0.2, 0.25) is 10.0 Å². The van der Waals surface area contributed by atoms with Crippen LogP contribution in [0.4, 0.5) is 0 Å². The first-order valence-corrected chi connectivity index (χ1v) is 13.0. The molecule has 2 rings (SSSR count). The van der Waals surface area contributed by atoms with Crippen LogP contribution in [-0.2, 0) is 26.0 Å². The molecule has 1 aromatic carbocycles. The molecule has 2 aromatic rings. The van der Waals surface area contributed by atoms with Crippen LogP contribution in [0.1, 0.15) is 67.7 Å². The number of esters is 1. The van der Waals surface area contributed by atoms with Crippen molar-refractivity contribution in [2.24, 2.45) is 0 Å². The van der Waals surface area contributed by atoms with Gasteiger partial charge in [-0.3, -0.25) is 4.79 Å². The quantitative estimate of drug-likeness (QED) is 0.292. The number of nitrogens with one attached hydrogen (secondary N) is 1. The van der Waals surface area contributed by atoms with Crippen LogP contribution in [0.15, 0.2) is 41.3 Å². The van der Waals surface area contributed by atoms with Crippen LogP contribution in [0.3, 0.4) is 0 Å². The number of rotatable bonds is 13. The summed E-state index contributed by atoms with van der Waals surface area (Å²) < 4.78 is 33.3. The average Bonchev–Trinajstić information content (AvgIpc) is 3.19. The lowest BCUT2D eigenvalue weighted by molar-refractivity contribution is -0.140. The molecule has 1 N–H and O–H groups in total. The van der Waals surface area contributed by atoms with Crippen molar-refractivity contribution in [1.82, 2.24) is 4.72 Å². The number of unbranched alkanes of at least 4 members (excludes halogenated alkanes) is 3. The Kier molecular flexibility index (Phi) is 10.3. The highest BCUT2D eigenvalue weighted by Crippen LogP contribution is 2.30. The highest BCUT2D eigenvalue weighted by atomic mass is 35.5. The summed E-state index contributed by atoms with van der Waals surface area (Å²) in [4.78, 5) is 13.6. The third-order valence-electron chi connectivity index (χ3n) is 4.83. The summed E-state index contributed by atoms with van der Waals surface area (Å²) in [6.45, 7) is 2.13. The predicted molar refractivity (Wildman–Crippen MR) is 123 cm³/mol. The first-order chi connectivity index (χ1) is 14.4. The number of carbonyl (C=O) groups is 1. The summed E-state index contributed by atoms with van der Waals surface area (Å²) in [5.74, 6) is -0.186. The maximum atomic E-state index is 12.9. The van der Waals surface area contributed by atoms with Crippen molar-refractivity contribution in [3.63, 3.8) is 0 Å². The lowest BCUT2D eigenvalue weighted by Gasteiger charge is -2.18. The molecular weight excluding hydrogens is 442 g/mol. The SMILES string of the molecule is CCCCCC(NS(=O)(=O)c1ccc(Cl)cc1)c1ccc(CCCCC(=O)OC)s1. The lowest BCUT2D eigenvalue weighted by atomic mass is 10.1. The first kappa shape index (κ1) is 24.9. The zero-order valence-corrected chi connectivity index (χ0v) is 19.9. The highest BCUT2D eigenvalue weighted by Gasteiger charge is 2.22. The summed E-state index contributed by atoms with van der Waals surface area (Å²) in [5, 5.41) is 0.503. The molecule has 0 spiro atoms. The topological polar surface area (TPSA) is 72.5 Å². The lowest BCUT2D eigenvalue weighted by Crippen LogP contribution is -2.28. The number of aryl methyl sites for hydroxylation is 1. The second-order valence-corrected chi connectivity index (χ2v) is 10.6. The van der Waals surface area contributed by atoms with E-state index in [-0.39, 0.29) is 16.9 Å². The molecule has 0 amide bonds. The summed E-state index contributed by atoms with van der Waals surface area (Å²) >= 11 is 7.53. The molecule has 0 saturated carbocycles. The molecule has 1 heterocycles. The van der Waals surface area contributed by atoms with Gasteiger partial charge in [-0.25, -0.2) is 13.1 Å². The predicted octanol–water partition coefficient (Wildman–Crippen LogP) is 5.89. The highest BCUT2D eigenvalue weighted by molar-refractivity contribution is 7.89. The van der Waals surface area contributed by atoms with Gasteiger partial charge in [-0.15, -0.1) is 11.3 Å². The Bertz CT molecular complexity index is 894. The van der Waals surface area contributed by atoms with Crippen LogP contribution in [0, 0.1) is 0 Å². The van der Waals surface area contributed by atoms with E-state index in [1.54, 1.807) is 23.5 Å². The Hall–Kier alpha value is -1.41. The van der Waals surface area contributed by atoms with Gasteiger partial charge in [0.15, 0.2) is 0 Å². The number of hydrogen-bond acceptors (Lipinski definition) is 5. The van der Waals surface area contributed by atoms with Crippen LogP contribution in [0.5, 0.6) is 0 Å². The second kappa shape index (κ2) is 12.4. The van der Waals surface area contributed by atoms with Crippen molar-refractivity contribution in [2.45, 2.75) is 69.2 Å². The molecular formula is C22H30ClNO4S2. The molecule has 0 fully saturated rings. The standard InChI is InChI=1S/C22H30ClNO4S2/c1-3-4-5-9-20(24-30(26,27)19-14-11-17(23)12-15-19)21-16-13-18(29-21)8-6-7-10-22(25)28-2/h11-16,20,24H,3-10H2,1-2H3. The largest absolute Gasteiger partial charge is 0.469 e. The van der Waals surface area contributed by atoms with Gasteiger partial charge in [-0.1, -0.05) is 37.8 Å². The summed E-state index contributed by atoms with van der Waals surface area (Å²) in [7, 11) is -2.24. The van der Waals surface area contributed by atoms with Gasteiger partial charge in [0.1, 0.15) is 0 Å². The third kappa shape index (κ3) is 8.02. The Balaban J connectivity index is 2.06. The van der Waals surface area contributed by atoms with Gasteiger partial charge in [0.25, 0.3) is 0 Å². The van der Waals surface area contributed by atoms with E-state index in [2.05, 4.69) is 22.4 Å². The second-order valence-electron chi connectivity index (χ2n) is 7.21. The maximum absolute atomic E-state index is 12.9. The average molecular weight is 472 g/mol. The van der Waals surface area contributed by atoms with Crippen LogP contribution >= 0.6 is 22.9 Å². The smallest absolute Gasteiger partial charge is 0.305 e. The van der Waals surface area contributed by atoms with Crippen LogP contribution < -0.4 is 4.72 Å². The van der Waals surface area contributed by atoms with E-state index >= 15 is 0 Å². The van der Waals surface area contributed by atoms with E-state index in [9.17, 15) is 13.2 Å². The van der Waals surface area contributed by atoms with E-state index in [1.165, 1.54) is 24.1 Å². The number of methoxy groups -OCH3 is 1. The van der Waals surface area contributed by atoms with Gasteiger partial charge in [0, 0.05) is 21.2 Å². The van der Waals surface area contributed by atoms with Gasteiger partial charge < -0.3 is 4.74 Å².